The average Bonchev–Trinajstić information content (AvgIpc) is 2.45. The summed E-state index contributed by atoms with van der Waals surface area (Å²) in [4.78, 5) is 0. The molecular formula is C17H18ClNO. The molecule has 2 unspecified atom stereocenters. The van der Waals surface area contributed by atoms with Gasteiger partial charge in [-0.2, -0.15) is 0 Å². The smallest absolute Gasteiger partial charge is 0.124 e. The van der Waals surface area contributed by atoms with Crippen LogP contribution in [0.3, 0.4) is 0 Å². The van der Waals surface area contributed by atoms with Gasteiger partial charge in [-0.3, -0.25) is 0 Å². The van der Waals surface area contributed by atoms with Gasteiger partial charge >= 0.3 is 0 Å². The highest BCUT2D eigenvalue weighted by Gasteiger charge is 2.28. The summed E-state index contributed by atoms with van der Waals surface area (Å²) >= 11 is 6.33. The van der Waals surface area contributed by atoms with Gasteiger partial charge in [-0.25, -0.2) is 0 Å². The van der Waals surface area contributed by atoms with Crippen molar-refractivity contribution in [3.63, 3.8) is 0 Å². The molecular weight excluding hydrogens is 270 g/mol. The Morgan fingerprint density at radius 1 is 1.15 bits per heavy atom. The average molecular weight is 288 g/mol. The van der Waals surface area contributed by atoms with Crippen molar-refractivity contribution >= 4 is 17.3 Å². The van der Waals surface area contributed by atoms with Gasteiger partial charge in [-0.1, -0.05) is 48.9 Å². The van der Waals surface area contributed by atoms with Crippen LogP contribution in [-0.4, -0.2) is 6.61 Å². The van der Waals surface area contributed by atoms with Crippen LogP contribution in [-0.2, 0) is 0 Å². The van der Waals surface area contributed by atoms with Crippen molar-refractivity contribution in [2.45, 2.75) is 19.9 Å². The second-order valence-electron chi connectivity index (χ2n) is 5.38. The van der Waals surface area contributed by atoms with Gasteiger partial charge < -0.3 is 10.1 Å². The van der Waals surface area contributed by atoms with E-state index >= 15 is 0 Å². The second kappa shape index (κ2) is 5.37. The van der Waals surface area contributed by atoms with Crippen LogP contribution >= 0.6 is 11.6 Å². The van der Waals surface area contributed by atoms with E-state index in [1.807, 2.05) is 30.3 Å². The van der Waals surface area contributed by atoms with Crippen molar-refractivity contribution in [2.75, 3.05) is 11.9 Å². The number of halogens is 1. The zero-order valence-corrected chi connectivity index (χ0v) is 12.4. The van der Waals surface area contributed by atoms with Gasteiger partial charge in [-0.15, -0.1) is 0 Å². The van der Waals surface area contributed by atoms with Crippen LogP contribution in [0.4, 0.5) is 5.69 Å². The third-order valence-electron chi connectivity index (χ3n) is 3.85. The summed E-state index contributed by atoms with van der Waals surface area (Å²) in [5, 5.41) is 4.38. The fraction of sp³-hybridized carbons (Fsp3) is 0.294. The normalized spacial score (nSPS) is 20.9. The maximum absolute atomic E-state index is 6.33. The SMILES string of the molecule is Cc1cccc(Cl)c1NC1c2ccccc2OCC1C. The maximum Gasteiger partial charge on any atom is 0.124 e. The molecule has 3 heteroatoms. The molecule has 2 aromatic rings. The summed E-state index contributed by atoms with van der Waals surface area (Å²) in [6, 6.07) is 14.4. The molecule has 0 amide bonds. The molecule has 0 fully saturated rings. The van der Waals surface area contributed by atoms with Gasteiger partial charge in [0.05, 0.1) is 23.4 Å². The number of aryl methyl sites for hydroxylation is 1. The topological polar surface area (TPSA) is 21.3 Å². The van der Waals surface area contributed by atoms with Crippen molar-refractivity contribution in [3.05, 3.63) is 58.6 Å². The Morgan fingerprint density at radius 2 is 1.95 bits per heavy atom. The maximum atomic E-state index is 6.33. The Balaban J connectivity index is 1.98. The van der Waals surface area contributed by atoms with Crippen molar-refractivity contribution in [1.82, 2.24) is 0 Å². The van der Waals surface area contributed by atoms with Gasteiger partial charge in [0.15, 0.2) is 0 Å². The van der Waals surface area contributed by atoms with Crippen molar-refractivity contribution < 1.29 is 4.74 Å². The molecule has 2 aromatic carbocycles. The van der Waals surface area contributed by atoms with Gasteiger partial charge in [0, 0.05) is 11.5 Å². The van der Waals surface area contributed by atoms with E-state index in [0.29, 0.717) is 5.92 Å². The molecule has 1 heterocycles. The Labute approximate surface area is 124 Å². The van der Waals surface area contributed by atoms with Gasteiger partial charge in [0.25, 0.3) is 0 Å². The number of hydrogen-bond acceptors (Lipinski definition) is 2. The number of rotatable bonds is 2. The van der Waals surface area contributed by atoms with E-state index in [-0.39, 0.29) is 6.04 Å². The number of nitrogens with one attached hydrogen (secondary N) is 1. The number of benzene rings is 2. The molecule has 3 rings (SSSR count). The summed E-state index contributed by atoms with van der Waals surface area (Å²) in [5.41, 5.74) is 3.38. The largest absolute Gasteiger partial charge is 0.493 e. The summed E-state index contributed by atoms with van der Waals surface area (Å²) in [5.74, 6) is 1.35. The molecule has 1 aliphatic rings. The Morgan fingerprint density at radius 3 is 2.75 bits per heavy atom. The Kier molecular flexibility index (Phi) is 3.58. The van der Waals surface area contributed by atoms with Crippen LogP contribution in [0.1, 0.15) is 24.1 Å². The van der Waals surface area contributed by atoms with E-state index in [1.54, 1.807) is 0 Å². The quantitative estimate of drug-likeness (QED) is 0.854. The molecule has 0 saturated heterocycles. The first-order chi connectivity index (χ1) is 9.66. The number of anilines is 1. The third kappa shape index (κ3) is 2.36. The van der Waals surface area contributed by atoms with E-state index in [0.717, 1.165) is 28.6 Å². The van der Waals surface area contributed by atoms with Crippen LogP contribution < -0.4 is 10.1 Å². The van der Waals surface area contributed by atoms with Crippen molar-refractivity contribution in [1.29, 1.82) is 0 Å². The lowest BCUT2D eigenvalue weighted by atomic mass is 9.91. The lowest BCUT2D eigenvalue weighted by molar-refractivity contribution is 0.214. The lowest BCUT2D eigenvalue weighted by Crippen LogP contribution is -2.29. The van der Waals surface area contributed by atoms with Crippen LogP contribution in [0.5, 0.6) is 5.75 Å². The predicted octanol–water partition coefficient (Wildman–Crippen LogP) is 4.83. The first-order valence-corrected chi connectivity index (χ1v) is 7.28. The first kappa shape index (κ1) is 13.3. The third-order valence-corrected chi connectivity index (χ3v) is 4.16. The summed E-state index contributed by atoms with van der Waals surface area (Å²) in [6.07, 6.45) is 0. The van der Waals surface area contributed by atoms with Gasteiger partial charge in [-0.05, 0) is 24.6 Å². The minimum Gasteiger partial charge on any atom is -0.493 e. The number of ether oxygens (including phenoxy) is 1. The minimum atomic E-state index is 0.221. The van der Waals surface area contributed by atoms with Crippen LogP contribution in [0.15, 0.2) is 42.5 Å². The minimum absolute atomic E-state index is 0.221. The van der Waals surface area contributed by atoms with Crippen LogP contribution in [0.25, 0.3) is 0 Å². The Hall–Kier alpha value is -1.67. The van der Waals surface area contributed by atoms with Crippen LogP contribution in [0.2, 0.25) is 5.02 Å². The fourth-order valence-corrected chi connectivity index (χ4v) is 2.96. The molecule has 0 radical (unpaired) electrons. The van der Waals surface area contributed by atoms with Gasteiger partial charge in [0.1, 0.15) is 5.75 Å². The van der Waals surface area contributed by atoms with E-state index in [9.17, 15) is 0 Å². The van der Waals surface area contributed by atoms with Crippen molar-refractivity contribution in [3.8, 4) is 5.75 Å². The van der Waals surface area contributed by atoms with E-state index in [2.05, 4.69) is 31.3 Å². The van der Waals surface area contributed by atoms with Crippen LogP contribution in [0, 0.1) is 12.8 Å². The molecule has 0 spiro atoms. The zero-order chi connectivity index (χ0) is 14.1. The molecule has 1 N–H and O–H groups in total. The monoisotopic (exact) mass is 287 g/mol. The molecule has 0 bridgehead atoms. The standard InChI is InChI=1S/C17H18ClNO/c1-11-6-5-8-14(18)17(11)19-16-12(2)10-20-15-9-4-3-7-13(15)16/h3-9,12,16,19H,10H2,1-2H3. The molecule has 1 aliphatic heterocycles. The summed E-state index contributed by atoms with van der Waals surface area (Å²) in [7, 11) is 0. The summed E-state index contributed by atoms with van der Waals surface area (Å²) < 4.78 is 5.79. The zero-order valence-electron chi connectivity index (χ0n) is 11.7. The molecule has 20 heavy (non-hydrogen) atoms. The highest BCUT2D eigenvalue weighted by atomic mass is 35.5. The number of para-hydroxylation sites is 2. The summed E-state index contributed by atoms with van der Waals surface area (Å²) in [6.45, 7) is 4.99. The number of fused-ring (bicyclic) bond motifs is 1. The lowest BCUT2D eigenvalue weighted by Gasteiger charge is -2.33. The second-order valence-corrected chi connectivity index (χ2v) is 5.79. The molecule has 0 saturated carbocycles. The highest BCUT2D eigenvalue weighted by Crippen LogP contribution is 2.39. The van der Waals surface area contributed by atoms with Gasteiger partial charge in [0.2, 0.25) is 0 Å². The Bertz CT molecular complexity index is 606. The van der Waals surface area contributed by atoms with E-state index in [4.69, 9.17) is 16.3 Å². The molecule has 0 aromatic heterocycles. The van der Waals surface area contributed by atoms with E-state index in [1.165, 1.54) is 5.56 Å². The highest BCUT2D eigenvalue weighted by molar-refractivity contribution is 6.33. The number of hydrogen-bond donors (Lipinski definition) is 1. The van der Waals surface area contributed by atoms with E-state index < -0.39 is 0 Å². The molecule has 2 atom stereocenters. The first-order valence-electron chi connectivity index (χ1n) is 6.90. The molecule has 104 valence electrons. The molecule has 0 aliphatic carbocycles. The predicted molar refractivity (Wildman–Crippen MR) is 83.7 cm³/mol. The molecule has 2 nitrogen and oxygen atoms in total. The fourth-order valence-electron chi connectivity index (χ4n) is 2.68. The van der Waals surface area contributed by atoms with Crippen molar-refractivity contribution in [2.24, 2.45) is 5.92 Å².